The summed E-state index contributed by atoms with van der Waals surface area (Å²) >= 11 is 0. The molecule has 0 atom stereocenters. The van der Waals surface area contributed by atoms with Crippen molar-refractivity contribution in [2.75, 3.05) is 4.90 Å². The molecule has 0 aliphatic rings. The van der Waals surface area contributed by atoms with E-state index in [-0.39, 0.29) is 0 Å². The van der Waals surface area contributed by atoms with E-state index < -0.39 is 0 Å². The molecule has 0 bridgehead atoms. The second kappa shape index (κ2) is 12.2. The third-order valence-corrected chi connectivity index (χ3v) is 11.0. The molecule has 1 aromatic heterocycles. The lowest BCUT2D eigenvalue weighted by atomic mass is 9.94. The lowest BCUT2D eigenvalue weighted by Crippen LogP contribution is -2.11. The van der Waals surface area contributed by atoms with Crippen LogP contribution in [0.15, 0.2) is 205 Å². The van der Waals surface area contributed by atoms with Crippen LogP contribution in [0.5, 0.6) is 0 Å². The van der Waals surface area contributed by atoms with Crippen LogP contribution in [0, 0.1) is 0 Å². The fourth-order valence-corrected chi connectivity index (χ4v) is 8.51. The molecule has 0 N–H and O–H groups in total. The van der Waals surface area contributed by atoms with Gasteiger partial charge in [0, 0.05) is 27.4 Å². The van der Waals surface area contributed by atoms with Crippen molar-refractivity contribution in [3.63, 3.8) is 0 Å². The zero-order valence-corrected chi connectivity index (χ0v) is 29.4. The molecule has 0 aliphatic carbocycles. The minimum Gasteiger partial charge on any atom is -0.456 e. The molecule has 11 rings (SSSR count). The first-order chi connectivity index (χ1) is 26.8. The highest BCUT2D eigenvalue weighted by Gasteiger charge is 2.21. The van der Waals surface area contributed by atoms with E-state index in [1.165, 1.54) is 60.0 Å². The Labute approximate surface area is 312 Å². The molecular formula is C52H33NO. The summed E-state index contributed by atoms with van der Waals surface area (Å²) < 4.78 is 6.32. The number of nitrogens with zero attached hydrogens (tertiary/aromatic N) is 1. The molecule has 10 aromatic carbocycles. The topological polar surface area (TPSA) is 16.4 Å². The van der Waals surface area contributed by atoms with Gasteiger partial charge in [-0.15, -0.1) is 0 Å². The van der Waals surface area contributed by atoms with E-state index in [0.29, 0.717) is 0 Å². The molecule has 2 nitrogen and oxygen atoms in total. The summed E-state index contributed by atoms with van der Waals surface area (Å²) in [5.74, 6) is 0. The van der Waals surface area contributed by atoms with Crippen LogP contribution in [0.2, 0.25) is 0 Å². The van der Waals surface area contributed by atoms with Gasteiger partial charge in [0.25, 0.3) is 0 Å². The van der Waals surface area contributed by atoms with E-state index >= 15 is 0 Å². The molecule has 0 saturated carbocycles. The first-order valence-corrected chi connectivity index (χ1v) is 18.5. The minimum absolute atomic E-state index is 0.901. The van der Waals surface area contributed by atoms with Crippen molar-refractivity contribution in [2.24, 2.45) is 0 Å². The number of furan rings is 1. The molecule has 1 heterocycles. The smallest absolute Gasteiger partial charge is 0.136 e. The Bertz CT molecular complexity index is 3210. The van der Waals surface area contributed by atoms with Gasteiger partial charge < -0.3 is 9.32 Å². The number of benzene rings is 10. The molecular weight excluding hydrogens is 655 g/mol. The molecule has 0 amide bonds. The van der Waals surface area contributed by atoms with Crippen LogP contribution in [0.25, 0.3) is 87.3 Å². The highest BCUT2D eigenvalue weighted by Crippen LogP contribution is 2.46. The van der Waals surface area contributed by atoms with Crippen molar-refractivity contribution in [3.8, 4) is 22.3 Å². The Balaban J connectivity index is 1.11. The zero-order chi connectivity index (χ0) is 35.6. The predicted octanol–water partition coefficient (Wildman–Crippen LogP) is 15.0. The summed E-state index contributed by atoms with van der Waals surface area (Å²) in [7, 11) is 0. The van der Waals surface area contributed by atoms with Gasteiger partial charge in [-0.1, -0.05) is 152 Å². The van der Waals surface area contributed by atoms with Crippen LogP contribution >= 0.6 is 0 Å². The van der Waals surface area contributed by atoms with Crippen molar-refractivity contribution in [2.45, 2.75) is 0 Å². The number of rotatable bonds is 5. The molecule has 0 radical (unpaired) electrons. The first kappa shape index (κ1) is 30.5. The summed E-state index contributed by atoms with van der Waals surface area (Å²) in [6.45, 7) is 0. The predicted molar refractivity (Wildman–Crippen MR) is 229 cm³/mol. The summed E-state index contributed by atoms with van der Waals surface area (Å²) in [5, 5.41) is 12.3. The maximum absolute atomic E-state index is 6.32. The number of hydrogen-bond acceptors (Lipinski definition) is 2. The Hall–Kier alpha value is -7.16. The van der Waals surface area contributed by atoms with Gasteiger partial charge in [-0.3, -0.25) is 0 Å². The van der Waals surface area contributed by atoms with Gasteiger partial charge >= 0.3 is 0 Å². The van der Waals surface area contributed by atoms with Crippen molar-refractivity contribution in [1.82, 2.24) is 0 Å². The maximum Gasteiger partial charge on any atom is 0.136 e. The van der Waals surface area contributed by atoms with Crippen molar-refractivity contribution in [1.29, 1.82) is 0 Å². The van der Waals surface area contributed by atoms with Gasteiger partial charge in [0.1, 0.15) is 11.2 Å². The largest absolute Gasteiger partial charge is 0.456 e. The number of fused-ring (bicyclic) bond motifs is 10. The summed E-state index contributed by atoms with van der Waals surface area (Å²) in [5.41, 5.74) is 9.84. The van der Waals surface area contributed by atoms with E-state index in [1.54, 1.807) is 0 Å². The van der Waals surface area contributed by atoms with Crippen LogP contribution in [0.4, 0.5) is 17.1 Å². The van der Waals surface area contributed by atoms with Gasteiger partial charge in [-0.25, -0.2) is 0 Å². The number of para-hydroxylation sites is 2. The van der Waals surface area contributed by atoms with Crippen molar-refractivity contribution in [3.05, 3.63) is 200 Å². The van der Waals surface area contributed by atoms with Gasteiger partial charge in [-0.05, 0) is 103 Å². The summed E-state index contributed by atoms with van der Waals surface area (Å²) in [4.78, 5) is 2.42. The summed E-state index contributed by atoms with van der Waals surface area (Å²) in [6.07, 6.45) is 0. The quantitative estimate of drug-likeness (QED) is 0.168. The molecule has 0 spiro atoms. The van der Waals surface area contributed by atoms with Gasteiger partial charge in [-0.2, -0.15) is 0 Å². The molecule has 54 heavy (non-hydrogen) atoms. The zero-order valence-electron chi connectivity index (χ0n) is 29.4. The maximum atomic E-state index is 6.32. The average molecular weight is 688 g/mol. The third kappa shape index (κ3) is 4.81. The Kier molecular flexibility index (Phi) is 6.90. The number of anilines is 3. The lowest BCUT2D eigenvalue weighted by molar-refractivity contribution is 0.669. The van der Waals surface area contributed by atoms with E-state index in [0.717, 1.165) is 44.4 Å². The van der Waals surface area contributed by atoms with Crippen molar-refractivity contribution < 1.29 is 4.42 Å². The monoisotopic (exact) mass is 687 g/mol. The van der Waals surface area contributed by atoms with E-state index in [2.05, 4.69) is 199 Å². The van der Waals surface area contributed by atoms with Crippen molar-refractivity contribution >= 4 is 82.1 Å². The normalized spacial score (nSPS) is 11.7. The van der Waals surface area contributed by atoms with Gasteiger partial charge in [0.15, 0.2) is 0 Å². The fourth-order valence-electron chi connectivity index (χ4n) is 8.51. The molecule has 2 heteroatoms. The average Bonchev–Trinajstić information content (AvgIpc) is 3.63. The van der Waals surface area contributed by atoms with Gasteiger partial charge in [0.05, 0.1) is 11.4 Å². The molecule has 252 valence electrons. The van der Waals surface area contributed by atoms with Gasteiger partial charge in [0.2, 0.25) is 0 Å². The lowest BCUT2D eigenvalue weighted by Gasteiger charge is -2.29. The first-order valence-electron chi connectivity index (χ1n) is 18.5. The Morgan fingerprint density at radius 1 is 0.315 bits per heavy atom. The third-order valence-electron chi connectivity index (χ3n) is 11.0. The molecule has 0 fully saturated rings. The molecule has 0 unspecified atom stereocenters. The van der Waals surface area contributed by atoms with E-state index in [9.17, 15) is 0 Å². The highest BCUT2D eigenvalue weighted by atomic mass is 16.3. The Morgan fingerprint density at radius 2 is 0.963 bits per heavy atom. The molecule has 0 aliphatic heterocycles. The second-order valence-electron chi connectivity index (χ2n) is 14.1. The van der Waals surface area contributed by atoms with E-state index in [4.69, 9.17) is 4.42 Å². The number of hydrogen-bond donors (Lipinski definition) is 0. The summed E-state index contributed by atoms with van der Waals surface area (Å²) in [6, 6.07) is 72.3. The van der Waals surface area contributed by atoms with Crippen LogP contribution in [0.3, 0.4) is 0 Å². The fraction of sp³-hybridized carbons (Fsp3) is 0. The molecule has 11 aromatic rings. The second-order valence-corrected chi connectivity index (χ2v) is 14.1. The van der Waals surface area contributed by atoms with Crippen LogP contribution in [0.1, 0.15) is 0 Å². The highest BCUT2D eigenvalue weighted by molar-refractivity contribution is 6.22. The SMILES string of the molecule is c1ccc(-c2ccccc2N(c2ccc(-c3ccc4ccc5ccc6ccccc6c5c4c3)cc2)c2cccc3c2ccc2oc4ccccc4c23)cc1. The minimum atomic E-state index is 0.901. The van der Waals surface area contributed by atoms with Crippen LogP contribution in [-0.4, -0.2) is 0 Å². The van der Waals surface area contributed by atoms with E-state index in [1.807, 2.05) is 6.07 Å². The molecule has 0 saturated heterocycles. The van der Waals surface area contributed by atoms with Crippen LogP contribution < -0.4 is 4.90 Å². The standard InChI is InChI=1S/C52H33NO/c1-2-11-35(12-3-1)41-14-6-8-18-47(41)53(48-19-10-17-44-43(48)31-32-50-52(44)45-16-7-9-20-49(45)54-50)40-29-27-34(28-30-40)39-26-23-37-22-25-38-24-21-36-13-4-5-15-42(36)51(38)46(37)33-39/h1-33H. The Morgan fingerprint density at radius 3 is 1.83 bits per heavy atom. The van der Waals surface area contributed by atoms with Crippen LogP contribution in [-0.2, 0) is 0 Å².